The van der Waals surface area contributed by atoms with Gasteiger partial charge in [0.1, 0.15) is 0 Å². The van der Waals surface area contributed by atoms with E-state index in [1.54, 1.807) is 0 Å². The van der Waals surface area contributed by atoms with Crippen molar-refractivity contribution < 1.29 is 15.0 Å². The van der Waals surface area contributed by atoms with E-state index in [1.807, 2.05) is 5.57 Å². The van der Waals surface area contributed by atoms with Crippen LogP contribution in [0.5, 0.6) is 0 Å². The number of hydrogen-bond donors (Lipinski definition) is 2. The lowest BCUT2D eigenvalue weighted by molar-refractivity contribution is -0.180. The molecule has 5 rings (SSSR count). The van der Waals surface area contributed by atoms with Crippen molar-refractivity contribution in [2.45, 2.75) is 126 Å². The van der Waals surface area contributed by atoms with Gasteiger partial charge in [0, 0.05) is 13.5 Å². The van der Waals surface area contributed by atoms with E-state index < -0.39 is 5.97 Å². The van der Waals surface area contributed by atoms with Gasteiger partial charge in [-0.05, 0) is 114 Å². The quantitative estimate of drug-likeness (QED) is 0.367. The summed E-state index contributed by atoms with van der Waals surface area (Å²) in [5.41, 5.74) is 4.21. The molecule has 4 fully saturated rings. The summed E-state index contributed by atoms with van der Waals surface area (Å²) in [5, 5.41) is 17.6. The molecule has 0 bridgehead atoms. The van der Waals surface area contributed by atoms with Crippen LogP contribution in [0.1, 0.15) is 126 Å². The third kappa shape index (κ3) is 4.05. The molecule has 35 heavy (non-hydrogen) atoms. The average molecular weight is 487 g/mol. The van der Waals surface area contributed by atoms with Gasteiger partial charge in [0.15, 0.2) is 0 Å². The number of fused-ring (bicyclic) bond motifs is 7. The molecule has 0 aromatic rings. The van der Waals surface area contributed by atoms with E-state index in [1.165, 1.54) is 70.6 Å². The zero-order chi connectivity index (χ0) is 26.1. The highest BCUT2D eigenvalue weighted by atomic mass is 16.4. The summed E-state index contributed by atoms with van der Waals surface area (Å²) >= 11 is 0. The van der Waals surface area contributed by atoms with Crippen LogP contribution in [-0.2, 0) is 4.79 Å². The average Bonchev–Trinajstić information content (AvgIpc) is 2.74. The van der Waals surface area contributed by atoms with Gasteiger partial charge in [-0.3, -0.25) is 4.79 Å². The summed E-state index contributed by atoms with van der Waals surface area (Å²) in [6, 6.07) is 0. The third-order valence-corrected chi connectivity index (χ3v) is 13.1. The summed E-state index contributed by atoms with van der Waals surface area (Å²) in [6.07, 6.45) is 17.8. The molecule has 0 amide bonds. The topological polar surface area (TPSA) is 57.5 Å². The molecule has 0 spiro atoms. The lowest BCUT2D eigenvalue weighted by Crippen LogP contribution is -2.63. The van der Waals surface area contributed by atoms with Crippen LogP contribution in [-0.4, -0.2) is 22.8 Å². The Bertz CT molecular complexity index is 870. The summed E-state index contributed by atoms with van der Waals surface area (Å²) in [7, 11) is 0. The smallest absolute Gasteiger partial charge is 0.300 e. The Morgan fingerprint density at radius 3 is 2.17 bits per heavy atom. The molecule has 0 heterocycles. The number of aliphatic hydroxyl groups excluding tert-OH is 1. The molecule has 8 unspecified atom stereocenters. The fourth-order valence-corrected chi connectivity index (χ4v) is 10.7. The predicted octanol–water partition coefficient (Wildman–Crippen LogP) is 8.26. The summed E-state index contributed by atoms with van der Waals surface area (Å²) < 4.78 is 0. The lowest BCUT2D eigenvalue weighted by Gasteiger charge is -2.71. The third-order valence-electron chi connectivity index (χ3n) is 13.1. The normalized spacial score (nSPS) is 50.2. The van der Waals surface area contributed by atoms with E-state index in [-0.39, 0.29) is 5.41 Å². The molecule has 3 nitrogen and oxygen atoms in total. The first-order valence-electron chi connectivity index (χ1n) is 14.6. The molecule has 0 radical (unpaired) electrons. The standard InChI is InChI=1S/C30H50O.C2H4O2/c1-25(2)12-8-13-28(5)23(25)11-14-30(7)24(28)10-9-21-22-19-26(3,20-31)15-16-27(22,4)17-18-29(21,30)6;1-2(3)4/h9,22-24,31H,8,10-20H2,1-7H3;1H3,(H,3,4). The SMILES string of the molecule is CC(=O)O.CC1(CO)CCC2(C)CCC3(C)C(=CCC4C5(C)CCCC(C)(C)C5CCC43C)C2C1. The van der Waals surface area contributed by atoms with Gasteiger partial charge < -0.3 is 10.2 Å². The van der Waals surface area contributed by atoms with Gasteiger partial charge in [0.05, 0.1) is 0 Å². The maximum absolute atomic E-state index is 10.2. The van der Waals surface area contributed by atoms with E-state index in [0.717, 1.165) is 18.8 Å². The van der Waals surface area contributed by atoms with Crippen LogP contribution in [0.15, 0.2) is 11.6 Å². The van der Waals surface area contributed by atoms with E-state index >= 15 is 0 Å². The fraction of sp³-hybridized carbons (Fsp3) is 0.906. The van der Waals surface area contributed by atoms with Crippen molar-refractivity contribution in [3.8, 4) is 0 Å². The van der Waals surface area contributed by atoms with Gasteiger partial charge in [0.2, 0.25) is 0 Å². The van der Waals surface area contributed by atoms with Crippen molar-refractivity contribution in [2.24, 2.45) is 50.2 Å². The number of aliphatic carboxylic acids is 1. The molecule has 5 aliphatic rings. The molecule has 5 aliphatic carbocycles. The van der Waals surface area contributed by atoms with Crippen LogP contribution in [0, 0.1) is 50.2 Å². The molecular formula is C32H54O3. The van der Waals surface area contributed by atoms with E-state index in [0.29, 0.717) is 39.6 Å². The number of hydrogen-bond acceptors (Lipinski definition) is 2. The maximum atomic E-state index is 10.2. The van der Waals surface area contributed by atoms with Crippen molar-refractivity contribution in [1.82, 2.24) is 0 Å². The van der Waals surface area contributed by atoms with Crippen LogP contribution in [0.2, 0.25) is 0 Å². The van der Waals surface area contributed by atoms with Gasteiger partial charge in [-0.25, -0.2) is 0 Å². The molecular weight excluding hydrogens is 432 g/mol. The molecule has 0 aliphatic heterocycles. The Labute approximate surface area is 215 Å². The fourth-order valence-electron chi connectivity index (χ4n) is 10.7. The second kappa shape index (κ2) is 8.60. The Morgan fingerprint density at radius 1 is 0.914 bits per heavy atom. The van der Waals surface area contributed by atoms with Crippen LogP contribution in [0.25, 0.3) is 0 Å². The number of carbonyl (C=O) groups is 1. The predicted molar refractivity (Wildman–Crippen MR) is 144 cm³/mol. The van der Waals surface area contributed by atoms with Gasteiger partial charge in [0.25, 0.3) is 5.97 Å². The second-order valence-corrected chi connectivity index (χ2v) is 15.5. The van der Waals surface area contributed by atoms with Crippen molar-refractivity contribution >= 4 is 5.97 Å². The van der Waals surface area contributed by atoms with E-state index in [2.05, 4.69) is 54.5 Å². The molecule has 0 aromatic carbocycles. The zero-order valence-electron chi connectivity index (χ0n) is 24.1. The highest BCUT2D eigenvalue weighted by Gasteiger charge is 2.67. The number of rotatable bonds is 1. The molecule has 3 heteroatoms. The number of aliphatic hydroxyl groups is 1. The minimum atomic E-state index is -0.833. The first-order valence-corrected chi connectivity index (χ1v) is 14.6. The Balaban J connectivity index is 0.000000672. The minimum absolute atomic E-state index is 0.123. The maximum Gasteiger partial charge on any atom is 0.300 e. The van der Waals surface area contributed by atoms with Gasteiger partial charge in [-0.15, -0.1) is 0 Å². The summed E-state index contributed by atoms with van der Waals surface area (Å²) in [6.45, 7) is 19.7. The van der Waals surface area contributed by atoms with Crippen LogP contribution in [0.4, 0.5) is 0 Å². The van der Waals surface area contributed by atoms with Crippen LogP contribution in [0.3, 0.4) is 0 Å². The number of allylic oxidation sites excluding steroid dienone is 2. The highest BCUT2D eigenvalue weighted by Crippen LogP contribution is 2.75. The van der Waals surface area contributed by atoms with Crippen LogP contribution >= 0.6 is 0 Å². The van der Waals surface area contributed by atoms with Gasteiger partial charge in [-0.1, -0.05) is 66.5 Å². The molecule has 2 N–H and O–H groups in total. The van der Waals surface area contributed by atoms with Crippen molar-refractivity contribution in [3.63, 3.8) is 0 Å². The Kier molecular flexibility index (Phi) is 6.69. The first kappa shape index (κ1) is 27.2. The lowest BCUT2D eigenvalue weighted by atomic mass is 9.34. The second-order valence-electron chi connectivity index (χ2n) is 15.5. The minimum Gasteiger partial charge on any atom is -0.481 e. The summed E-state index contributed by atoms with van der Waals surface area (Å²) in [5.74, 6) is 1.58. The van der Waals surface area contributed by atoms with E-state index in [4.69, 9.17) is 9.90 Å². The van der Waals surface area contributed by atoms with Crippen molar-refractivity contribution in [2.75, 3.05) is 6.61 Å². The van der Waals surface area contributed by atoms with Gasteiger partial charge in [-0.2, -0.15) is 0 Å². The molecule has 0 aromatic heterocycles. The van der Waals surface area contributed by atoms with Crippen molar-refractivity contribution in [1.29, 1.82) is 0 Å². The highest BCUT2D eigenvalue weighted by molar-refractivity contribution is 5.62. The Morgan fingerprint density at radius 2 is 1.54 bits per heavy atom. The molecule has 0 saturated heterocycles. The number of carboxylic acid groups (broad SMARTS) is 1. The van der Waals surface area contributed by atoms with Crippen molar-refractivity contribution in [3.05, 3.63) is 11.6 Å². The molecule has 200 valence electrons. The zero-order valence-corrected chi connectivity index (χ0v) is 24.1. The molecule has 8 atom stereocenters. The molecule has 4 saturated carbocycles. The monoisotopic (exact) mass is 486 g/mol. The summed E-state index contributed by atoms with van der Waals surface area (Å²) in [4.78, 5) is 9.00. The van der Waals surface area contributed by atoms with Gasteiger partial charge >= 0.3 is 0 Å². The van der Waals surface area contributed by atoms with E-state index in [9.17, 15) is 5.11 Å². The first-order chi connectivity index (χ1) is 16.1. The largest absolute Gasteiger partial charge is 0.481 e. The van der Waals surface area contributed by atoms with Crippen LogP contribution < -0.4 is 0 Å². The number of carboxylic acids is 1. The Hall–Kier alpha value is -0.830.